The second-order valence-corrected chi connectivity index (χ2v) is 6.57. The monoisotopic (exact) mass is 243 g/mol. The molecule has 1 aromatic carbocycles. The van der Waals surface area contributed by atoms with Gasteiger partial charge >= 0.3 is 0 Å². The summed E-state index contributed by atoms with van der Waals surface area (Å²) in [7, 11) is -3.37. The first-order valence-electron chi connectivity index (χ1n) is 4.91. The van der Waals surface area contributed by atoms with E-state index in [1.54, 1.807) is 12.1 Å². The highest BCUT2D eigenvalue weighted by Crippen LogP contribution is 2.36. The second-order valence-electron chi connectivity index (χ2n) is 4.83. The highest BCUT2D eigenvalue weighted by molar-refractivity contribution is 7.92. The van der Waals surface area contributed by atoms with Crippen LogP contribution in [-0.2, 0) is 15.4 Å². The van der Waals surface area contributed by atoms with Gasteiger partial charge in [-0.05, 0) is 11.5 Å². The number of hydrogen-bond donors (Lipinski definition) is 2. The molecule has 0 fully saturated rings. The zero-order chi connectivity index (χ0) is 12.6. The SMILES string of the molecule is CC(C)(C)c1cccc(NS(C)(=O)=O)c1O. The second kappa shape index (κ2) is 3.97. The zero-order valence-electron chi connectivity index (χ0n) is 9.90. The number of benzene rings is 1. The first-order valence-corrected chi connectivity index (χ1v) is 6.80. The number of para-hydroxylation sites is 1. The lowest BCUT2D eigenvalue weighted by Gasteiger charge is -2.21. The fourth-order valence-electron chi connectivity index (χ4n) is 1.43. The van der Waals surface area contributed by atoms with Crippen molar-refractivity contribution in [1.82, 2.24) is 0 Å². The summed E-state index contributed by atoms with van der Waals surface area (Å²) in [6, 6.07) is 5.03. The minimum atomic E-state index is -3.37. The first kappa shape index (κ1) is 12.8. The largest absolute Gasteiger partial charge is 0.505 e. The van der Waals surface area contributed by atoms with Gasteiger partial charge in [0.15, 0.2) is 0 Å². The number of phenols is 1. The number of aromatic hydroxyl groups is 1. The molecule has 0 aliphatic rings. The van der Waals surface area contributed by atoms with E-state index >= 15 is 0 Å². The van der Waals surface area contributed by atoms with E-state index in [4.69, 9.17) is 0 Å². The minimum absolute atomic E-state index is 0.0135. The summed E-state index contributed by atoms with van der Waals surface area (Å²) in [5, 5.41) is 9.96. The van der Waals surface area contributed by atoms with Crippen LogP contribution < -0.4 is 4.72 Å². The smallest absolute Gasteiger partial charge is 0.229 e. The van der Waals surface area contributed by atoms with Crippen molar-refractivity contribution in [2.45, 2.75) is 26.2 Å². The Kier molecular flexibility index (Phi) is 3.19. The van der Waals surface area contributed by atoms with Crippen molar-refractivity contribution in [2.75, 3.05) is 11.0 Å². The van der Waals surface area contributed by atoms with Crippen LogP contribution in [0.4, 0.5) is 5.69 Å². The molecule has 0 aliphatic carbocycles. The molecule has 0 radical (unpaired) electrons. The Bertz CT molecular complexity index is 486. The van der Waals surface area contributed by atoms with E-state index < -0.39 is 10.0 Å². The van der Waals surface area contributed by atoms with Gasteiger partial charge in [0.25, 0.3) is 0 Å². The molecule has 0 amide bonds. The highest BCUT2D eigenvalue weighted by atomic mass is 32.2. The molecule has 0 bridgehead atoms. The van der Waals surface area contributed by atoms with E-state index in [-0.39, 0.29) is 16.9 Å². The van der Waals surface area contributed by atoms with E-state index in [0.717, 1.165) is 6.26 Å². The molecule has 4 nitrogen and oxygen atoms in total. The first-order chi connectivity index (χ1) is 7.11. The maximum atomic E-state index is 11.1. The Morgan fingerprint density at radius 3 is 2.25 bits per heavy atom. The maximum Gasteiger partial charge on any atom is 0.229 e. The van der Waals surface area contributed by atoms with Crippen molar-refractivity contribution in [1.29, 1.82) is 0 Å². The van der Waals surface area contributed by atoms with Gasteiger partial charge in [-0.3, -0.25) is 4.72 Å². The lowest BCUT2D eigenvalue weighted by atomic mass is 9.86. The lowest BCUT2D eigenvalue weighted by molar-refractivity contribution is 0.449. The van der Waals surface area contributed by atoms with Crippen LogP contribution in [-0.4, -0.2) is 19.8 Å². The Balaban J connectivity index is 3.25. The number of anilines is 1. The summed E-state index contributed by atoms with van der Waals surface area (Å²) < 4.78 is 24.5. The molecule has 1 rings (SSSR count). The summed E-state index contributed by atoms with van der Waals surface area (Å²) >= 11 is 0. The summed E-state index contributed by atoms with van der Waals surface area (Å²) in [5.74, 6) is -0.0135. The molecule has 0 saturated carbocycles. The Morgan fingerprint density at radius 2 is 1.81 bits per heavy atom. The van der Waals surface area contributed by atoms with Gasteiger partial charge in [0.1, 0.15) is 5.75 Å². The van der Waals surface area contributed by atoms with E-state index in [2.05, 4.69) is 4.72 Å². The molecule has 0 heterocycles. The van der Waals surface area contributed by atoms with E-state index in [9.17, 15) is 13.5 Å². The van der Waals surface area contributed by atoms with Crippen LogP contribution in [0.25, 0.3) is 0 Å². The highest BCUT2D eigenvalue weighted by Gasteiger charge is 2.20. The topological polar surface area (TPSA) is 66.4 Å². The maximum absolute atomic E-state index is 11.1. The Labute approximate surface area is 96.4 Å². The van der Waals surface area contributed by atoms with Gasteiger partial charge in [0.05, 0.1) is 11.9 Å². The zero-order valence-corrected chi connectivity index (χ0v) is 10.7. The quantitative estimate of drug-likeness (QED) is 0.781. The number of nitrogens with one attached hydrogen (secondary N) is 1. The van der Waals surface area contributed by atoms with Crippen molar-refractivity contribution >= 4 is 15.7 Å². The Morgan fingerprint density at radius 1 is 1.25 bits per heavy atom. The number of sulfonamides is 1. The summed E-state index contributed by atoms with van der Waals surface area (Å²) in [6.07, 6.45) is 1.05. The molecule has 0 spiro atoms. The van der Waals surface area contributed by atoms with Gasteiger partial charge in [-0.25, -0.2) is 8.42 Å². The molecule has 90 valence electrons. The molecule has 16 heavy (non-hydrogen) atoms. The average molecular weight is 243 g/mol. The summed E-state index contributed by atoms with van der Waals surface area (Å²) in [6.45, 7) is 5.85. The number of hydrogen-bond acceptors (Lipinski definition) is 3. The van der Waals surface area contributed by atoms with Gasteiger partial charge < -0.3 is 5.11 Å². The number of phenolic OH excluding ortho intramolecular Hbond substituents is 1. The van der Waals surface area contributed by atoms with Crippen molar-refractivity contribution in [3.05, 3.63) is 23.8 Å². The van der Waals surface area contributed by atoms with E-state index in [0.29, 0.717) is 5.56 Å². The standard InChI is InChI=1S/C11H17NO3S/c1-11(2,3)8-6-5-7-9(10(8)13)12-16(4,14)15/h5-7,12-13H,1-4H3. The van der Waals surface area contributed by atoms with Crippen molar-refractivity contribution in [2.24, 2.45) is 0 Å². The predicted octanol–water partition coefficient (Wildman–Crippen LogP) is 2.06. The third-order valence-electron chi connectivity index (χ3n) is 2.14. The van der Waals surface area contributed by atoms with E-state index in [1.165, 1.54) is 6.07 Å². The average Bonchev–Trinajstić information content (AvgIpc) is 2.04. The van der Waals surface area contributed by atoms with Crippen LogP contribution in [0, 0.1) is 0 Å². The predicted molar refractivity (Wildman–Crippen MR) is 65.3 cm³/mol. The van der Waals surface area contributed by atoms with Gasteiger partial charge in [-0.15, -0.1) is 0 Å². The third kappa shape index (κ3) is 3.13. The summed E-state index contributed by atoms with van der Waals surface area (Å²) in [5.41, 5.74) is 0.690. The molecule has 0 saturated heterocycles. The van der Waals surface area contributed by atoms with Crippen LogP contribution in [0.15, 0.2) is 18.2 Å². The normalized spacial score (nSPS) is 12.5. The van der Waals surface area contributed by atoms with Gasteiger partial charge in [-0.1, -0.05) is 32.9 Å². The molecule has 0 aromatic heterocycles. The molecule has 0 aliphatic heterocycles. The molecule has 0 unspecified atom stereocenters. The Hall–Kier alpha value is -1.23. The van der Waals surface area contributed by atoms with Crippen LogP contribution in [0.5, 0.6) is 5.75 Å². The van der Waals surface area contributed by atoms with Gasteiger partial charge in [0.2, 0.25) is 10.0 Å². The van der Waals surface area contributed by atoms with Crippen LogP contribution in [0.3, 0.4) is 0 Å². The molecular weight excluding hydrogens is 226 g/mol. The molecule has 1 aromatic rings. The van der Waals surface area contributed by atoms with E-state index in [1.807, 2.05) is 20.8 Å². The van der Waals surface area contributed by atoms with Gasteiger partial charge in [-0.2, -0.15) is 0 Å². The lowest BCUT2D eigenvalue weighted by Crippen LogP contribution is -2.14. The fraction of sp³-hybridized carbons (Fsp3) is 0.455. The van der Waals surface area contributed by atoms with Crippen LogP contribution in [0.2, 0.25) is 0 Å². The molecular formula is C11H17NO3S. The summed E-state index contributed by atoms with van der Waals surface area (Å²) in [4.78, 5) is 0. The fourth-order valence-corrected chi connectivity index (χ4v) is 2.00. The molecule has 2 N–H and O–H groups in total. The third-order valence-corrected chi connectivity index (χ3v) is 2.73. The molecule has 0 atom stereocenters. The van der Waals surface area contributed by atoms with Crippen LogP contribution in [0.1, 0.15) is 26.3 Å². The minimum Gasteiger partial charge on any atom is -0.505 e. The van der Waals surface area contributed by atoms with Crippen molar-refractivity contribution < 1.29 is 13.5 Å². The van der Waals surface area contributed by atoms with Crippen LogP contribution >= 0.6 is 0 Å². The van der Waals surface area contributed by atoms with Gasteiger partial charge in [0, 0.05) is 5.56 Å². The van der Waals surface area contributed by atoms with Crippen molar-refractivity contribution in [3.63, 3.8) is 0 Å². The van der Waals surface area contributed by atoms with Crippen molar-refractivity contribution in [3.8, 4) is 5.75 Å². The number of rotatable bonds is 2. The molecule has 5 heteroatoms.